The van der Waals surface area contributed by atoms with Crippen molar-refractivity contribution in [2.45, 2.75) is 46.6 Å². The van der Waals surface area contributed by atoms with Crippen LogP contribution in [0, 0.1) is 20.8 Å². The van der Waals surface area contributed by atoms with E-state index >= 15 is 0 Å². The fourth-order valence-corrected chi connectivity index (χ4v) is 3.22. The Morgan fingerprint density at radius 1 is 1.39 bits per heavy atom. The number of rotatable bonds is 6. The number of hydrogen-bond acceptors (Lipinski definition) is 4. The minimum absolute atomic E-state index is 0.0538. The molecule has 23 heavy (non-hydrogen) atoms. The molecule has 126 valence electrons. The maximum absolute atomic E-state index is 12.0. The van der Waals surface area contributed by atoms with E-state index in [0.29, 0.717) is 6.54 Å². The fraction of sp³-hybridized carbons (Fsp3) is 0.562. The number of urea groups is 1. The molecular weight excluding hydrogens is 310 g/mol. The molecule has 2 amide bonds. The lowest BCUT2D eigenvalue weighted by Crippen LogP contribution is -2.42. The van der Waals surface area contributed by atoms with Gasteiger partial charge < -0.3 is 10.6 Å². The van der Waals surface area contributed by atoms with Gasteiger partial charge in [0.05, 0.1) is 16.4 Å². The smallest absolute Gasteiger partial charge is 0.315 e. The largest absolute Gasteiger partial charge is 0.338 e. The average molecular weight is 335 g/mol. The molecule has 0 aliphatic heterocycles. The highest BCUT2D eigenvalue weighted by atomic mass is 32.1. The van der Waals surface area contributed by atoms with E-state index in [1.807, 2.05) is 37.9 Å². The molecule has 0 saturated carbocycles. The van der Waals surface area contributed by atoms with Crippen LogP contribution >= 0.6 is 11.3 Å². The third kappa shape index (κ3) is 4.79. The molecule has 0 aliphatic carbocycles. The number of carbonyl (C=O) groups excluding carboxylic acids is 1. The van der Waals surface area contributed by atoms with E-state index < -0.39 is 0 Å². The van der Waals surface area contributed by atoms with Crippen LogP contribution in [0.2, 0.25) is 0 Å². The lowest BCUT2D eigenvalue weighted by molar-refractivity contribution is 0.238. The van der Waals surface area contributed by atoms with Crippen LogP contribution in [-0.2, 0) is 19.9 Å². The predicted molar refractivity (Wildman–Crippen MR) is 92.9 cm³/mol. The zero-order valence-electron chi connectivity index (χ0n) is 14.4. The van der Waals surface area contributed by atoms with Gasteiger partial charge in [-0.05, 0) is 39.7 Å². The molecule has 7 heteroatoms. The van der Waals surface area contributed by atoms with Gasteiger partial charge in [-0.15, -0.1) is 11.3 Å². The van der Waals surface area contributed by atoms with E-state index in [0.717, 1.165) is 34.9 Å². The van der Waals surface area contributed by atoms with Gasteiger partial charge in [0.15, 0.2) is 0 Å². The Bertz CT molecular complexity index is 676. The van der Waals surface area contributed by atoms with Gasteiger partial charge in [-0.3, -0.25) is 4.68 Å². The number of aromatic nitrogens is 3. The summed E-state index contributed by atoms with van der Waals surface area (Å²) >= 11 is 1.63. The number of nitrogens with zero attached hydrogens (tertiary/aromatic N) is 3. The van der Waals surface area contributed by atoms with Crippen molar-refractivity contribution in [2.75, 3.05) is 6.54 Å². The van der Waals surface area contributed by atoms with E-state index in [1.165, 1.54) is 5.56 Å². The lowest BCUT2D eigenvalue weighted by Gasteiger charge is -2.15. The quantitative estimate of drug-likeness (QED) is 0.851. The molecule has 2 aromatic heterocycles. The number of amides is 2. The van der Waals surface area contributed by atoms with Crippen LogP contribution < -0.4 is 10.6 Å². The molecular formula is C16H25N5OS. The molecule has 2 heterocycles. The molecule has 2 N–H and O–H groups in total. The molecule has 0 radical (unpaired) electrons. The fourth-order valence-electron chi connectivity index (χ4n) is 2.57. The standard InChI is InChI=1S/C16H25N5OS/c1-10(8-15-11(2)20-21(5)12(15)3)18-16(22)17-7-6-14-9-23-13(4)19-14/h9-10H,6-8H2,1-5H3,(H2,17,18,22)/t10-/m1/s1. The first-order chi connectivity index (χ1) is 10.9. The first kappa shape index (κ1) is 17.5. The average Bonchev–Trinajstić information content (AvgIpc) is 2.98. The first-order valence-corrected chi connectivity index (χ1v) is 8.69. The Kier molecular flexibility index (Phi) is 5.76. The topological polar surface area (TPSA) is 71.8 Å². The van der Waals surface area contributed by atoms with Crippen molar-refractivity contribution in [3.05, 3.63) is 33.0 Å². The van der Waals surface area contributed by atoms with E-state index in [-0.39, 0.29) is 12.1 Å². The minimum atomic E-state index is -0.136. The van der Waals surface area contributed by atoms with Gasteiger partial charge in [-0.1, -0.05) is 0 Å². The number of carbonyl (C=O) groups is 1. The second-order valence-electron chi connectivity index (χ2n) is 5.89. The highest BCUT2D eigenvalue weighted by Gasteiger charge is 2.14. The normalized spacial score (nSPS) is 12.2. The molecule has 0 saturated heterocycles. The van der Waals surface area contributed by atoms with Crippen LogP contribution in [0.3, 0.4) is 0 Å². The van der Waals surface area contributed by atoms with E-state index in [9.17, 15) is 4.79 Å². The number of nitrogens with one attached hydrogen (secondary N) is 2. The summed E-state index contributed by atoms with van der Waals surface area (Å²) in [5.74, 6) is 0. The number of thiazole rings is 1. The van der Waals surface area contributed by atoms with Gasteiger partial charge in [0, 0.05) is 37.1 Å². The molecule has 0 aromatic carbocycles. The molecule has 0 spiro atoms. The summed E-state index contributed by atoms with van der Waals surface area (Å²) in [6, 6.07) is -0.0817. The maximum atomic E-state index is 12.0. The lowest BCUT2D eigenvalue weighted by atomic mass is 10.1. The highest BCUT2D eigenvalue weighted by Crippen LogP contribution is 2.14. The van der Waals surface area contributed by atoms with E-state index in [1.54, 1.807) is 11.3 Å². The molecule has 0 bridgehead atoms. The highest BCUT2D eigenvalue weighted by molar-refractivity contribution is 7.09. The van der Waals surface area contributed by atoms with Gasteiger partial charge in [0.2, 0.25) is 0 Å². The van der Waals surface area contributed by atoms with Crippen molar-refractivity contribution in [3.8, 4) is 0 Å². The van der Waals surface area contributed by atoms with Gasteiger partial charge in [0.25, 0.3) is 0 Å². The van der Waals surface area contributed by atoms with Crippen molar-refractivity contribution in [1.82, 2.24) is 25.4 Å². The second kappa shape index (κ2) is 7.59. The van der Waals surface area contributed by atoms with Gasteiger partial charge in [-0.2, -0.15) is 5.10 Å². The summed E-state index contributed by atoms with van der Waals surface area (Å²) in [7, 11) is 1.94. The Labute approximate surface area is 141 Å². The van der Waals surface area contributed by atoms with Crippen molar-refractivity contribution in [3.63, 3.8) is 0 Å². The molecule has 0 fully saturated rings. The Hall–Kier alpha value is -1.89. The van der Waals surface area contributed by atoms with Gasteiger partial charge in [-0.25, -0.2) is 9.78 Å². The predicted octanol–water partition coefficient (Wildman–Crippen LogP) is 2.27. The van der Waals surface area contributed by atoms with Crippen molar-refractivity contribution >= 4 is 17.4 Å². The summed E-state index contributed by atoms with van der Waals surface area (Å²) in [5, 5.41) is 13.4. The third-order valence-corrected chi connectivity index (χ3v) is 4.70. The maximum Gasteiger partial charge on any atom is 0.315 e. The molecule has 1 atom stereocenters. The zero-order valence-corrected chi connectivity index (χ0v) is 15.3. The summed E-state index contributed by atoms with van der Waals surface area (Å²) in [4.78, 5) is 16.3. The zero-order chi connectivity index (χ0) is 17.0. The van der Waals surface area contributed by atoms with Crippen LogP contribution in [0.5, 0.6) is 0 Å². The van der Waals surface area contributed by atoms with Gasteiger partial charge >= 0.3 is 6.03 Å². The van der Waals surface area contributed by atoms with Crippen LogP contribution in [0.15, 0.2) is 5.38 Å². The molecule has 2 aromatic rings. The Morgan fingerprint density at radius 3 is 2.70 bits per heavy atom. The monoisotopic (exact) mass is 335 g/mol. The third-order valence-electron chi connectivity index (χ3n) is 3.88. The summed E-state index contributed by atoms with van der Waals surface area (Å²) < 4.78 is 1.88. The van der Waals surface area contributed by atoms with Crippen molar-refractivity contribution in [1.29, 1.82) is 0 Å². The van der Waals surface area contributed by atoms with E-state index in [2.05, 4.69) is 27.6 Å². The van der Waals surface area contributed by atoms with Crippen LogP contribution in [-0.4, -0.2) is 33.4 Å². The molecule has 0 aliphatic rings. The number of hydrogen-bond donors (Lipinski definition) is 2. The summed E-state index contributed by atoms with van der Waals surface area (Å²) in [5.41, 5.74) is 4.41. The van der Waals surface area contributed by atoms with Gasteiger partial charge in [0.1, 0.15) is 0 Å². The minimum Gasteiger partial charge on any atom is -0.338 e. The van der Waals surface area contributed by atoms with Crippen molar-refractivity contribution < 1.29 is 4.79 Å². The van der Waals surface area contributed by atoms with E-state index in [4.69, 9.17) is 0 Å². The first-order valence-electron chi connectivity index (χ1n) is 7.81. The molecule has 2 rings (SSSR count). The van der Waals surface area contributed by atoms with Crippen LogP contribution in [0.1, 0.15) is 34.6 Å². The molecule has 6 nitrogen and oxygen atoms in total. The van der Waals surface area contributed by atoms with Crippen LogP contribution in [0.4, 0.5) is 4.79 Å². The van der Waals surface area contributed by atoms with Crippen LogP contribution in [0.25, 0.3) is 0 Å². The Balaban J connectivity index is 1.76. The summed E-state index contributed by atoms with van der Waals surface area (Å²) in [6.07, 6.45) is 1.54. The summed E-state index contributed by atoms with van der Waals surface area (Å²) in [6.45, 7) is 8.64. The molecule has 0 unspecified atom stereocenters. The van der Waals surface area contributed by atoms with Crippen molar-refractivity contribution in [2.24, 2.45) is 7.05 Å². The second-order valence-corrected chi connectivity index (χ2v) is 6.95. The number of aryl methyl sites for hydroxylation is 3. The SMILES string of the molecule is Cc1nc(CCNC(=O)N[C@H](C)Cc2c(C)nn(C)c2C)cs1. The Morgan fingerprint density at radius 2 is 2.13 bits per heavy atom.